The van der Waals surface area contributed by atoms with E-state index in [2.05, 4.69) is 261 Å². The van der Waals surface area contributed by atoms with Crippen molar-refractivity contribution in [3.05, 3.63) is 233 Å². The van der Waals surface area contributed by atoms with Crippen molar-refractivity contribution in [2.24, 2.45) is 0 Å². The number of hydrogen-bond donors (Lipinski definition) is 0. The molecule has 3 heteroatoms. The van der Waals surface area contributed by atoms with Gasteiger partial charge in [-0.1, -0.05) is 202 Å². The molecule has 76 heavy (non-hydrogen) atoms. The second-order valence-corrected chi connectivity index (χ2v) is 24.4. The van der Waals surface area contributed by atoms with Gasteiger partial charge in [-0.3, -0.25) is 0 Å². The molecule has 0 radical (unpaired) electrons. The zero-order valence-corrected chi connectivity index (χ0v) is 44.7. The molecule has 0 fully saturated rings. The molecule has 0 amide bonds. The first-order chi connectivity index (χ1) is 36.6. The number of furan rings is 2. The fourth-order valence-corrected chi connectivity index (χ4v) is 14.4. The quantitative estimate of drug-likeness (QED) is 0.172. The number of nitrogens with zero attached hydrogens (tertiary/aromatic N) is 1. The molecular formula is C73H59NO2. The van der Waals surface area contributed by atoms with Gasteiger partial charge in [0.1, 0.15) is 22.3 Å². The first-order valence-corrected chi connectivity index (χ1v) is 27.1. The van der Waals surface area contributed by atoms with Gasteiger partial charge in [0, 0.05) is 66.0 Å². The van der Waals surface area contributed by atoms with Crippen LogP contribution >= 0.6 is 0 Å². The molecule has 0 atom stereocenters. The highest BCUT2D eigenvalue weighted by molar-refractivity contribution is 6.21. The highest BCUT2D eigenvalue weighted by atomic mass is 16.3. The Labute approximate surface area is 445 Å². The lowest BCUT2D eigenvalue weighted by Crippen LogP contribution is -2.24. The second-order valence-electron chi connectivity index (χ2n) is 24.4. The van der Waals surface area contributed by atoms with Gasteiger partial charge in [-0.2, -0.15) is 0 Å². The number of benzene rings is 10. The summed E-state index contributed by atoms with van der Waals surface area (Å²) in [7, 11) is 0. The number of fused-ring (bicyclic) bond motifs is 19. The minimum Gasteiger partial charge on any atom is -0.455 e. The van der Waals surface area contributed by atoms with Crippen molar-refractivity contribution in [3.8, 4) is 55.6 Å². The molecule has 10 aromatic carbocycles. The predicted octanol–water partition coefficient (Wildman–Crippen LogP) is 20.5. The van der Waals surface area contributed by atoms with Crippen molar-refractivity contribution in [2.75, 3.05) is 4.90 Å². The van der Waals surface area contributed by atoms with Gasteiger partial charge < -0.3 is 13.7 Å². The summed E-state index contributed by atoms with van der Waals surface area (Å²) < 4.78 is 14.1. The number of para-hydroxylation sites is 2. The van der Waals surface area contributed by atoms with E-state index in [1.165, 1.54) is 105 Å². The molecule has 3 nitrogen and oxygen atoms in total. The van der Waals surface area contributed by atoms with Crippen LogP contribution < -0.4 is 4.90 Å². The largest absolute Gasteiger partial charge is 0.455 e. The summed E-state index contributed by atoms with van der Waals surface area (Å²) >= 11 is 0. The summed E-state index contributed by atoms with van der Waals surface area (Å²) in [6.07, 6.45) is 0. The Hall–Kier alpha value is -8.40. The van der Waals surface area contributed by atoms with E-state index in [0.29, 0.717) is 0 Å². The van der Waals surface area contributed by atoms with Crippen LogP contribution in [-0.4, -0.2) is 0 Å². The lowest BCUT2D eigenvalue weighted by molar-refractivity contribution is 0.591. The Morgan fingerprint density at radius 2 is 0.868 bits per heavy atom. The second kappa shape index (κ2) is 15.4. The molecule has 0 saturated carbocycles. The van der Waals surface area contributed by atoms with Gasteiger partial charge in [0.15, 0.2) is 0 Å². The Morgan fingerprint density at radius 1 is 0.355 bits per heavy atom. The van der Waals surface area contributed by atoms with Crippen molar-refractivity contribution >= 4 is 60.9 Å². The molecule has 0 bridgehead atoms. The van der Waals surface area contributed by atoms with Crippen LogP contribution in [-0.2, 0) is 21.7 Å². The fraction of sp³-hybridized carbons (Fsp3) is 0.178. The van der Waals surface area contributed by atoms with E-state index in [0.717, 1.165) is 50.3 Å². The third kappa shape index (κ3) is 6.00. The molecule has 3 aliphatic carbocycles. The van der Waals surface area contributed by atoms with Crippen molar-refractivity contribution in [1.82, 2.24) is 0 Å². The number of rotatable bonds is 5. The van der Waals surface area contributed by atoms with Crippen LogP contribution in [0.15, 0.2) is 203 Å². The predicted molar refractivity (Wildman–Crippen MR) is 318 cm³/mol. The molecule has 0 aliphatic heterocycles. The first-order valence-electron chi connectivity index (χ1n) is 27.1. The lowest BCUT2D eigenvalue weighted by Gasteiger charge is -2.32. The van der Waals surface area contributed by atoms with Gasteiger partial charge in [-0.15, -0.1) is 0 Å². The molecule has 0 unspecified atom stereocenters. The Kier molecular flexibility index (Phi) is 9.10. The zero-order valence-electron chi connectivity index (χ0n) is 44.7. The van der Waals surface area contributed by atoms with Crippen molar-refractivity contribution < 1.29 is 8.83 Å². The first kappa shape index (κ1) is 45.0. The third-order valence-electron chi connectivity index (χ3n) is 17.9. The maximum atomic E-state index is 7.10. The van der Waals surface area contributed by atoms with Gasteiger partial charge in [-0.05, 0) is 143 Å². The fourth-order valence-electron chi connectivity index (χ4n) is 14.4. The van der Waals surface area contributed by atoms with Crippen molar-refractivity contribution in [2.45, 2.75) is 84.0 Å². The third-order valence-corrected chi connectivity index (χ3v) is 17.9. The van der Waals surface area contributed by atoms with Gasteiger partial charge >= 0.3 is 0 Å². The van der Waals surface area contributed by atoms with E-state index in [-0.39, 0.29) is 21.7 Å². The van der Waals surface area contributed by atoms with Gasteiger partial charge in [0.25, 0.3) is 0 Å². The van der Waals surface area contributed by atoms with E-state index in [9.17, 15) is 0 Å². The summed E-state index contributed by atoms with van der Waals surface area (Å²) in [5, 5.41) is 4.74. The molecule has 2 heterocycles. The molecule has 0 N–H and O–H groups in total. The van der Waals surface area contributed by atoms with E-state index in [1.54, 1.807) is 0 Å². The van der Waals surface area contributed by atoms with E-state index in [4.69, 9.17) is 8.83 Å². The Morgan fingerprint density at radius 3 is 1.57 bits per heavy atom. The molecule has 368 valence electrons. The SMILES string of the molecule is CC(C)(C)c1ccccc1-c1cc2c(c3c1oc1ccccc13)-c1ccc(N(c3cccc(-c4ccccc4)c3)c3ccc4c(c3)C(C)(C)c3c5c(c6c(oc7ccccc76)c3-4)-c3ccccc3C5(C)C)cc1C2(C)C. The van der Waals surface area contributed by atoms with Gasteiger partial charge in [-0.25, -0.2) is 0 Å². The monoisotopic (exact) mass is 981 g/mol. The van der Waals surface area contributed by atoms with Crippen molar-refractivity contribution in [3.63, 3.8) is 0 Å². The minimum atomic E-state index is -0.363. The molecule has 12 aromatic rings. The standard InChI is InChI=1S/C73H59NO2/c1-70(2,3)54-30-17-13-26-47(54)53-41-58-61(63-51-28-15-19-32-59(51)75-68(53)63)49-36-34-45(39-56(49)71(58,4)5)74(44-25-21-24-43(38-44)42-22-11-10-12-23-42)46-35-37-50-57(40-46)73(8,9)67-65(50)69-64(52-29-16-20-33-60(52)76-69)62-48-27-14-18-31-55(48)72(6,7)66(62)67/h10-41H,1-9H3. The zero-order chi connectivity index (χ0) is 51.8. The maximum Gasteiger partial charge on any atom is 0.144 e. The highest BCUT2D eigenvalue weighted by Crippen LogP contribution is 2.64. The average Bonchev–Trinajstić information content (AvgIpc) is 4.12. The topological polar surface area (TPSA) is 29.5 Å². The summed E-state index contributed by atoms with van der Waals surface area (Å²) in [5.74, 6) is 0. The highest BCUT2D eigenvalue weighted by Gasteiger charge is 2.49. The molecule has 15 rings (SSSR count). The van der Waals surface area contributed by atoms with Crippen LogP contribution in [0, 0.1) is 0 Å². The maximum absolute atomic E-state index is 7.10. The van der Waals surface area contributed by atoms with Crippen LogP contribution in [0.3, 0.4) is 0 Å². The smallest absolute Gasteiger partial charge is 0.144 e. The summed E-state index contributed by atoms with van der Waals surface area (Å²) in [6, 6.07) is 72.0. The van der Waals surface area contributed by atoms with Crippen molar-refractivity contribution in [1.29, 1.82) is 0 Å². The van der Waals surface area contributed by atoms with Crippen LogP contribution in [0.5, 0.6) is 0 Å². The summed E-state index contributed by atoms with van der Waals surface area (Å²) in [4.78, 5) is 2.50. The summed E-state index contributed by atoms with van der Waals surface area (Å²) in [5.41, 5.74) is 27.9. The van der Waals surface area contributed by atoms with Crippen LogP contribution in [0.25, 0.3) is 99.5 Å². The molecule has 0 spiro atoms. The number of anilines is 3. The van der Waals surface area contributed by atoms with Gasteiger partial charge in [0.2, 0.25) is 0 Å². The molecule has 2 aromatic heterocycles. The minimum absolute atomic E-state index is 0.0691. The Balaban J connectivity index is 0.958. The number of hydrogen-bond acceptors (Lipinski definition) is 3. The van der Waals surface area contributed by atoms with E-state index in [1.807, 2.05) is 0 Å². The van der Waals surface area contributed by atoms with E-state index < -0.39 is 0 Å². The Bertz CT molecular complexity index is 4470. The van der Waals surface area contributed by atoms with Gasteiger partial charge in [0.05, 0.1) is 0 Å². The summed E-state index contributed by atoms with van der Waals surface area (Å²) in [6.45, 7) is 21.5. The van der Waals surface area contributed by atoms with Crippen LogP contribution in [0.4, 0.5) is 17.1 Å². The molecule has 0 saturated heterocycles. The molecular weight excluding hydrogens is 923 g/mol. The molecule has 3 aliphatic rings. The normalized spacial score (nSPS) is 15.2. The van der Waals surface area contributed by atoms with Crippen LogP contribution in [0.2, 0.25) is 0 Å². The lowest BCUT2D eigenvalue weighted by atomic mass is 9.72. The van der Waals surface area contributed by atoms with E-state index >= 15 is 0 Å². The average molecular weight is 982 g/mol. The van der Waals surface area contributed by atoms with Crippen LogP contribution in [0.1, 0.15) is 101 Å².